The molecule has 0 bridgehead atoms. The SMILES string of the molecule is CC.NCCOCCOCCOCCOc1cccnc1F. The maximum Gasteiger partial charge on any atom is 0.255 e. The Morgan fingerprint density at radius 3 is 2.05 bits per heavy atom. The minimum absolute atomic E-state index is 0.129. The second-order valence-electron chi connectivity index (χ2n) is 3.77. The Labute approximate surface area is 131 Å². The first-order valence-corrected chi connectivity index (χ1v) is 7.51. The highest BCUT2D eigenvalue weighted by atomic mass is 19.1. The first-order chi connectivity index (χ1) is 10.8. The van der Waals surface area contributed by atoms with Crippen LogP contribution in [0.4, 0.5) is 4.39 Å². The topological polar surface area (TPSA) is 75.8 Å². The number of nitrogens with two attached hydrogens (primary N) is 1. The van der Waals surface area contributed by atoms with Gasteiger partial charge in [-0.25, -0.2) is 4.98 Å². The maximum absolute atomic E-state index is 13.1. The lowest BCUT2D eigenvalue weighted by Gasteiger charge is -2.08. The fourth-order valence-electron chi connectivity index (χ4n) is 1.31. The highest BCUT2D eigenvalue weighted by Gasteiger charge is 2.01. The molecule has 0 saturated carbocycles. The average molecular weight is 318 g/mol. The molecule has 128 valence electrons. The van der Waals surface area contributed by atoms with Crippen LogP contribution in [0.1, 0.15) is 13.8 Å². The predicted octanol–water partition coefficient (Wildman–Crippen LogP) is 1.63. The van der Waals surface area contributed by atoms with Gasteiger partial charge in [-0.3, -0.25) is 0 Å². The van der Waals surface area contributed by atoms with Crippen LogP contribution in [-0.4, -0.2) is 57.8 Å². The van der Waals surface area contributed by atoms with Gasteiger partial charge in [-0.05, 0) is 12.1 Å². The summed E-state index contributed by atoms with van der Waals surface area (Å²) in [7, 11) is 0. The van der Waals surface area contributed by atoms with Crippen molar-refractivity contribution >= 4 is 0 Å². The van der Waals surface area contributed by atoms with Crippen LogP contribution in [0.2, 0.25) is 0 Å². The Bertz CT molecular complexity index is 356. The van der Waals surface area contributed by atoms with Crippen molar-refractivity contribution < 1.29 is 23.3 Å². The molecule has 0 fully saturated rings. The fraction of sp³-hybridized carbons (Fsp3) is 0.667. The van der Waals surface area contributed by atoms with Gasteiger partial charge in [-0.2, -0.15) is 4.39 Å². The van der Waals surface area contributed by atoms with Crippen molar-refractivity contribution in [2.45, 2.75) is 13.8 Å². The molecule has 7 heteroatoms. The fourth-order valence-corrected chi connectivity index (χ4v) is 1.31. The third-order valence-corrected chi connectivity index (χ3v) is 2.22. The summed E-state index contributed by atoms with van der Waals surface area (Å²) in [5.41, 5.74) is 5.26. The highest BCUT2D eigenvalue weighted by Crippen LogP contribution is 2.12. The monoisotopic (exact) mass is 318 g/mol. The summed E-state index contributed by atoms with van der Waals surface area (Å²) < 4.78 is 33.9. The molecular weight excluding hydrogens is 291 g/mol. The van der Waals surface area contributed by atoms with Gasteiger partial charge in [0.05, 0.1) is 39.6 Å². The van der Waals surface area contributed by atoms with Crippen LogP contribution in [0.3, 0.4) is 0 Å². The van der Waals surface area contributed by atoms with Crippen LogP contribution >= 0.6 is 0 Å². The van der Waals surface area contributed by atoms with E-state index >= 15 is 0 Å². The molecule has 0 aliphatic heterocycles. The summed E-state index contributed by atoms with van der Waals surface area (Å²) >= 11 is 0. The molecule has 0 aliphatic rings. The number of pyridine rings is 1. The third-order valence-electron chi connectivity index (χ3n) is 2.22. The number of hydrogen-bond acceptors (Lipinski definition) is 6. The van der Waals surface area contributed by atoms with E-state index in [0.717, 1.165) is 0 Å². The molecule has 2 N–H and O–H groups in total. The molecule has 0 aliphatic carbocycles. The Morgan fingerprint density at radius 1 is 0.955 bits per heavy atom. The van der Waals surface area contributed by atoms with Gasteiger partial charge in [0.2, 0.25) is 0 Å². The van der Waals surface area contributed by atoms with Crippen molar-refractivity contribution in [1.82, 2.24) is 4.98 Å². The van der Waals surface area contributed by atoms with Gasteiger partial charge < -0.3 is 24.7 Å². The van der Waals surface area contributed by atoms with Gasteiger partial charge in [-0.1, -0.05) is 13.8 Å². The zero-order chi connectivity index (χ0) is 16.5. The first kappa shape index (κ1) is 20.7. The zero-order valence-corrected chi connectivity index (χ0v) is 13.4. The molecule has 0 amide bonds. The average Bonchev–Trinajstić information content (AvgIpc) is 2.56. The van der Waals surface area contributed by atoms with Crippen molar-refractivity contribution in [1.29, 1.82) is 0 Å². The lowest BCUT2D eigenvalue weighted by atomic mass is 10.4. The Hall–Kier alpha value is -1.28. The molecule has 0 unspecified atom stereocenters. The maximum atomic E-state index is 13.1. The van der Waals surface area contributed by atoms with E-state index in [4.69, 9.17) is 24.7 Å². The molecule has 0 saturated heterocycles. The molecule has 0 atom stereocenters. The molecule has 0 spiro atoms. The lowest BCUT2D eigenvalue weighted by Crippen LogP contribution is -2.14. The van der Waals surface area contributed by atoms with Gasteiger partial charge in [-0.15, -0.1) is 0 Å². The van der Waals surface area contributed by atoms with Gasteiger partial charge in [0, 0.05) is 12.7 Å². The summed E-state index contributed by atoms with van der Waals surface area (Å²) in [6.45, 7) is 7.66. The molecule has 1 aromatic rings. The van der Waals surface area contributed by atoms with E-state index in [1.807, 2.05) is 13.8 Å². The quantitative estimate of drug-likeness (QED) is 0.466. The molecule has 1 aromatic heterocycles. The molecular formula is C15H27FN2O4. The number of nitrogens with zero attached hydrogens (tertiary/aromatic N) is 1. The summed E-state index contributed by atoms with van der Waals surface area (Å²) in [4.78, 5) is 3.48. The summed E-state index contributed by atoms with van der Waals surface area (Å²) in [5, 5.41) is 0. The van der Waals surface area contributed by atoms with Crippen LogP contribution in [-0.2, 0) is 14.2 Å². The lowest BCUT2D eigenvalue weighted by molar-refractivity contribution is 0.0103. The zero-order valence-electron chi connectivity index (χ0n) is 13.4. The van der Waals surface area contributed by atoms with Crippen LogP contribution in [0, 0.1) is 5.95 Å². The number of halogens is 1. The van der Waals surface area contributed by atoms with E-state index in [1.54, 1.807) is 6.07 Å². The van der Waals surface area contributed by atoms with Gasteiger partial charge in [0.25, 0.3) is 5.95 Å². The Morgan fingerprint density at radius 2 is 1.50 bits per heavy atom. The third kappa shape index (κ3) is 11.4. The predicted molar refractivity (Wildman–Crippen MR) is 82.5 cm³/mol. The molecule has 0 radical (unpaired) electrons. The van der Waals surface area contributed by atoms with E-state index < -0.39 is 5.95 Å². The van der Waals surface area contributed by atoms with Gasteiger partial charge in [0.15, 0.2) is 5.75 Å². The van der Waals surface area contributed by atoms with Crippen LogP contribution in [0.15, 0.2) is 18.3 Å². The van der Waals surface area contributed by atoms with Crippen molar-refractivity contribution in [2.24, 2.45) is 5.73 Å². The largest absolute Gasteiger partial charge is 0.486 e. The van der Waals surface area contributed by atoms with Crippen molar-refractivity contribution in [3.8, 4) is 5.75 Å². The number of rotatable bonds is 12. The highest BCUT2D eigenvalue weighted by molar-refractivity contribution is 5.17. The number of ether oxygens (including phenoxy) is 4. The summed E-state index contributed by atoms with van der Waals surface area (Å²) in [6.07, 6.45) is 1.37. The van der Waals surface area contributed by atoms with E-state index in [9.17, 15) is 4.39 Å². The Kier molecular flexibility index (Phi) is 15.2. The van der Waals surface area contributed by atoms with E-state index in [0.29, 0.717) is 46.2 Å². The minimum atomic E-state index is -0.617. The van der Waals surface area contributed by atoms with Crippen LogP contribution in [0.25, 0.3) is 0 Å². The molecule has 6 nitrogen and oxygen atoms in total. The normalized spacial score (nSPS) is 10.0. The molecule has 1 rings (SSSR count). The van der Waals surface area contributed by atoms with Crippen LogP contribution in [0.5, 0.6) is 5.75 Å². The molecule has 0 aromatic carbocycles. The van der Waals surface area contributed by atoms with Crippen molar-refractivity contribution in [3.63, 3.8) is 0 Å². The van der Waals surface area contributed by atoms with E-state index in [-0.39, 0.29) is 12.4 Å². The van der Waals surface area contributed by atoms with Crippen molar-refractivity contribution in [3.05, 3.63) is 24.3 Å². The number of aromatic nitrogens is 1. The van der Waals surface area contributed by atoms with E-state index in [1.165, 1.54) is 12.3 Å². The van der Waals surface area contributed by atoms with Crippen LogP contribution < -0.4 is 10.5 Å². The van der Waals surface area contributed by atoms with Gasteiger partial charge in [0.1, 0.15) is 6.61 Å². The molecule has 1 heterocycles. The minimum Gasteiger partial charge on any atom is -0.486 e. The van der Waals surface area contributed by atoms with Gasteiger partial charge >= 0.3 is 0 Å². The number of hydrogen-bond donors (Lipinski definition) is 1. The second-order valence-corrected chi connectivity index (χ2v) is 3.77. The Balaban J connectivity index is 0.00000211. The second kappa shape index (κ2) is 16.1. The summed E-state index contributed by atoms with van der Waals surface area (Å²) in [5.74, 6) is -0.488. The smallest absolute Gasteiger partial charge is 0.255 e. The summed E-state index contributed by atoms with van der Waals surface area (Å²) in [6, 6.07) is 3.13. The van der Waals surface area contributed by atoms with E-state index in [2.05, 4.69) is 4.98 Å². The molecule has 22 heavy (non-hydrogen) atoms. The first-order valence-electron chi connectivity index (χ1n) is 7.51. The van der Waals surface area contributed by atoms with Crippen molar-refractivity contribution in [2.75, 3.05) is 52.8 Å². The standard InChI is InChI=1S/C13H21FN2O4.C2H6/c14-13-12(2-1-4-16-13)20-11-10-19-9-8-18-7-6-17-5-3-15;1-2/h1-2,4H,3,5-11,15H2;1-2H3.